The molecule has 0 spiro atoms. The quantitative estimate of drug-likeness (QED) is 0.439. The van der Waals surface area contributed by atoms with Gasteiger partial charge in [0.1, 0.15) is 0 Å². The van der Waals surface area contributed by atoms with E-state index in [-0.39, 0.29) is 20.7 Å². The zero-order valence-corrected chi connectivity index (χ0v) is 10.3. The number of alkyl halides is 1. The second kappa shape index (κ2) is 3.40. The minimum absolute atomic E-state index is 0.201. The highest BCUT2D eigenvalue weighted by Crippen LogP contribution is 2.29. The lowest BCUT2D eigenvalue weighted by atomic mass is 10.1. The third-order valence-corrected chi connectivity index (χ3v) is 4.64. The fourth-order valence-corrected chi connectivity index (χ4v) is 3.59. The molecule has 0 radical (unpaired) electrons. The van der Waals surface area contributed by atoms with Crippen molar-refractivity contribution in [1.29, 1.82) is 0 Å². The second-order valence-electron chi connectivity index (χ2n) is 3.54. The number of benzene rings is 1. The Morgan fingerprint density at radius 3 is 2.85 bits per heavy atom. The minimum atomic E-state index is 0.201. The molecule has 1 aliphatic rings. The molecule has 1 aromatic carbocycles. The predicted molar refractivity (Wildman–Crippen MR) is 68.2 cm³/mol. The number of aryl methyl sites for hydroxylation is 2. The summed E-state index contributed by atoms with van der Waals surface area (Å²) in [5.41, 5.74) is 5.52. The summed E-state index contributed by atoms with van der Waals surface area (Å²) in [4.78, 5) is 0. The first-order valence-corrected chi connectivity index (χ1v) is 6.99. The molecule has 1 aliphatic heterocycles. The van der Waals surface area contributed by atoms with Gasteiger partial charge in [-0.1, -0.05) is 32.4 Å². The van der Waals surface area contributed by atoms with Crippen LogP contribution in [0.25, 0.3) is 0 Å². The first-order chi connectivity index (χ1) is 6.16. The molecule has 2 heteroatoms. The monoisotopic (exact) mass is 287 g/mol. The van der Waals surface area contributed by atoms with Crippen LogP contribution >= 0.6 is 20.7 Å². The molecule has 70 valence electrons. The van der Waals surface area contributed by atoms with Gasteiger partial charge in [0.15, 0.2) is 0 Å². The lowest BCUT2D eigenvalue weighted by Gasteiger charge is -2.20. The van der Waals surface area contributed by atoms with Crippen molar-refractivity contribution in [2.75, 3.05) is 5.32 Å². The van der Waals surface area contributed by atoms with Gasteiger partial charge in [0.2, 0.25) is 0 Å². The summed E-state index contributed by atoms with van der Waals surface area (Å²) < 4.78 is 3.13. The van der Waals surface area contributed by atoms with E-state index in [1.165, 1.54) is 22.4 Å². The number of nitrogens with one attached hydrogen (secondary N) is 1. The van der Waals surface area contributed by atoms with Gasteiger partial charge < -0.3 is 5.32 Å². The molecule has 1 heterocycles. The maximum atomic E-state index is 3.57. The van der Waals surface area contributed by atoms with E-state index < -0.39 is 0 Å². The Kier molecular flexibility index (Phi) is 2.41. The summed E-state index contributed by atoms with van der Waals surface area (Å²) in [5.74, 6) is 0. The Morgan fingerprint density at radius 2 is 2.08 bits per heavy atom. The number of rotatable bonds is 0. The van der Waals surface area contributed by atoms with Crippen LogP contribution in [0.3, 0.4) is 0 Å². The van der Waals surface area contributed by atoms with Crippen LogP contribution in [0.15, 0.2) is 12.1 Å². The first kappa shape index (κ1) is 9.19. The van der Waals surface area contributed by atoms with Crippen LogP contribution in [0.2, 0.25) is 0 Å². The van der Waals surface area contributed by atoms with E-state index in [1.54, 1.807) is 0 Å². The summed E-state index contributed by atoms with van der Waals surface area (Å²) in [7, 11) is 0. The number of fused-ring (bicyclic) bond motifs is 1. The Bertz CT molecular complexity index is 369. The maximum Gasteiger partial charge on any atom is 0.0705 e. The van der Waals surface area contributed by atoms with Gasteiger partial charge in [0.25, 0.3) is 0 Å². The molecule has 1 atom stereocenters. The average molecular weight is 287 g/mol. The third-order valence-electron chi connectivity index (χ3n) is 2.22. The Morgan fingerprint density at radius 1 is 1.31 bits per heavy atom. The molecule has 0 aromatic heterocycles. The van der Waals surface area contributed by atoms with Gasteiger partial charge in [-0.15, -0.1) is 0 Å². The zero-order valence-electron chi connectivity index (χ0n) is 8.19. The maximum absolute atomic E-state index is 3.57. The number of hydrogen-bond acceptors (Lipinski definition) is 1. The van der Waals surface area contributed by atoms with Crippen LogP contribution < -0.4 is 5.32 Å². The molecule has 1 unspecified atom stereocenters. The van der Waals surface area contributed by atoms with E-state index in [0.29, 0.717) is 4.05 Å². The number of hydrogen-bond donors (Lipinski definition) is 1. The molecule has 1 N–H and O–H groups in total. The highest BCUT2D eigenvalue weighted by atomic mass is 127. The predicted octanol–water partition coefficient (Wildman–Crippen LogP) is 3.20. The van der Waals surface area contributed by atoms with E-state index in [1.807, 2.05) is 0 Å². The van der Waals surface area contributed by atoms with Crippen molar-refractivity contribution in [1.82, 2.24) is 0 Å². The summed E-state index contributed by atoms with van der Waals surface area (Å²) in [6, 6.07) is 4.52. The van der Waals surface area contributed by atoms with E-state index >= 15 is 0 Å². The summed E-state index contributed by atoms with van der Waals surface area (Å²) in [6.45, 7) is 6.62. The smallest absolute Gasteiger partial charge is 0.0705 e. The Balaban J connectivity index is 2.56. The molecule has 0 amide bonds. The number of halogens is 1. The molecule has 0 saturated carbocycles. The molecule has 1 nitrogen and oxygen atoms in total. The molecule has 13 heavy (non-hydrogen) atoms. The highest BCUT2D eigenvalue weighted by Gasteiger charge is 2.11. The van der Waals surface area contributed by atoms with Crippen LogP contribution in [-0.4, -0.2) is 8.06 Å². The van der Waals surface area contributed by atoms with Gasteiger partial charge in [-0.3, -0.25) is 0 Å². The standard InChI is InChI=1S/C11H14IN/c1-7-4-8(2)11-10(5-7)6-12-9(3)13-11/h4-6,9,13H,1-3H3. The molecular weight excluding hydrogens is 273 g/mol. The van der Waals surface area contributed by atoms with Crippen molar-refractivity contribution in [2.45, 2.75) is 24.8 Å². The normalized spacial score (nSPS) is 20.1. The van der Waals surface area contributed by atoms with Crippen molar-refractivity contribution in [3.63, 3.8) is 0 Å². The van der Waals surface area contributed by atoms with Gasteiger partial charge in [0.05, 0.1) is 4.05 Å². The Hall–Kier alpha value is -0.380. The molecule has 0 bridgehead atoms. The molecule has 0 aliphatic carbocycles. The van der Waals surface area contributed by atoms with Crippen LogP contribution in [0.5, 0.6) is 0 Å². The molecule has 0 fully saturated rings. The van der Waals surface area contributed by atoms with E-state index in [4.69, 9.17) is 0 Å². The van der Waals surface area contributed by atoms with Crippen molar-refractivity contribution >= 4 is 30.4 Å². The van der Waals surface area contributed by atoms with Gasteiger partial charge in [0, 0.05) is 11.3 Å². The van der Waals surface area contributed by atoms with E-state index in [0.717, 1.165) is 0 Å². The van der Waals surface area contributed by atoms with Gasteiger partial charge >= 0.3 is 0 Å². The topological polar surface area (TPSA) is 12.0 Å². The lowest BCUT2D eigenvalue weighted by molar-refractivity contribution is 1.15. The van der Waals surface area contributed by atoms with Crippen LogP contribution in [0, 0.1) is 13.8 Å². The van der Waals surface area contributed by atoms with Gasteiger partial charge in [-0.25, -0.2) is 0 Å². The summed E-state index contributed by atoms with van der Waals surface area (Å²) in [6.07, 6.45) is 0. The second-order valence-corrected chi connectivity index (χ2v) is 6.75. The lowest BCUT2D eigenvalue weighted by Crippen LogP contribution is -2.14. The van der Waals surface area contributed by atoms with Gasteiger partial charge in [-0.05, 0) is 36.4 Å². The average Bonchev–Trinajstić information content (AvgIpc) is 2.06. The van der Waals surface area contributed by atoms with E-state index in [9.17, 15) is 0 Å². The fraction of sp³-hybridized carbons (Fsp3) is 0.364. The molecular formula is C11H14IN. The van der Waals surface area contributed by atoms with Crippen LogP contribution in [0.4, 0.5) is 5.69 Å². The van der Waals surface area contributed by atoms with Crippen molar-refractivity contribution in [3.05, 3.63) is 28.8 Å². The summed E-state index contributed by atoms with van der Waals surface area (Å²) >= 11 is 0.201. The molecule has 1 aromatic rings. The molecule has 0 saturated heterocycles. The van der Waals surface area contributed by atoms with Crippen molar-refractivity contribution in [3.8, 4) is 0 Å². The van der Waals surface area contributed by atoms with E-state index in [2.05, 4.69) is 42.2 Å². The molecule has 2 rings (SSSR count). The SMILES string of the molecule is Cc1cc(C)c2c(c1)C=IC(C)N2. The number of anilines is 1. The van der Waals surface area contributed by atoms with Crippen LogP contribution in [-0.2, 0) is 0 Å². The van der Waals surface area contributed by atoms with Crippen molar-refractivity contribution in [2.24, 2.45) is 0 Å². The van der Waals surface area contributed by atoms with Gasteiger partial charge in [-0.2, -0.15) is 0 Å². The minimum Gasteiger partial charge on any atom is -0.373 e. The Labute approximate surface area is 89.3 Å². The van der Waals surface area contributed by atoms with Crippen molar-refractivity contribution < 1.29 is 0 Å². The fourth-order valence-electron chi connectivity index (χ4n) is 1.68. The highest BCUT2D eigenvalue weighted by molar-refractivity contribution is 14.2. The largest absolute Gasteiger partial charge is 0.373 e. The zero-order chi connectivity index (χ0) is 9.42. The summed E-state index contributed by atoms with van der Waals surface area (Å²) in [5, 5.41) is 3.57. The first-order valence-electron chi connectivity index (χ1n) is 4.50. The third kappa shape index (κ3) is 1.77. The van der Waals surface area contributed by atoms with Crippen LogP contribution in [0.1, 0.15) is 23.6 Å².